The van der Waals surface area contributed by atoms with E-state index < -0.39 is 42.1 Å². The van der Waals surface area contributed by atoms with Crippen molar-refractivity contribution < 1.29 is 29.0 Å². The Morgan fingerprint density at radius 1 is 0.936 bits per heavy atom. The van der Waals surface area contributed by atoms with Crippen LogP contribution in [0.5, 0.6) is 0 Å². The predicted octanol–water partition coefficient (Wildman–Crippen LogP) is 3.68. The Hall–Kier alpha value is -3.58. The van der Waals surface area contributed by atoms with Crippen LogP contribution in [0.4, 0.5) is 4.79 Å². The molecule has 4 amide bonds. The fraction of sp³-hybridized carbons (Fsp3) is 0.618. The first kappa shape index (κ1) is 39.6. The first-order chi connectivity index (χ1) is 22.2. The maximum atomic E-state index is 13.4. The molecule has 0 saturated carbocycles. The van der Waals surface area contributed by atoms with Gasteiger partial charge < -0.3 is 31.1 Å². The average molecular weight is 675 g/mol. The van der Waals surface area contributed by atoms with E-state index in [0.29, 0.717) is 25.1 Å². The molecule has 0 unspecified atom stereocenters. The number of carbonyl (C=O) groups excluding carboxylic acids is 4. The molecule has 0 bridgehead atoms. The smallest absolute Gasteiger partial charge is 0.409 e. The van der Waals surface area contributed by atoms with Crippen molar-refractivity contribution in [2.45, 2.75) is 105 Å². The number of aromatic nitrogens is 2. The number of alkyl carbamates (subject to hydrolysis) is 1. The predicted molar refractivity (Wildman–Crippen MR) is 184 cm³/mol. The highest BCUT2D eigenvalue weighted by atomic mass is 32.2. The second-order valence-electron chi connectivity index (χ2n) is 12.8. The summed E-state index contributed by atoms with van der Waals surface area (Å²) in [4.78, 5) is 52.3. The number of aryl methyl sites for hydroxylation is 2. The Bertz CT molecular complexity index is 1290. The second kappa shape index (κ2) is 19.9. The van der Waals surface area contributed by atoms with Gasteiger partial charge in [-0.2, -0.15) is 16.9 Å². The molecule has 0 radical (unpaired) electrons. The molecule has 0 saturated heterocycles. The molecule has 262 valence electrons. The molecule has 0 aliphatic heterocycles. The van der Waals surface area contributed by atoms with Crippen molar-refractivity contribution >= 4 is 35.6 Å². The quantitative estimate of drug-likeness (QED) is 0.151. The Morgan fingerprint density at radius 2 is 1.62 bits per heavy atom. The van der Waals surface area contributed by atoms with E-state index in [0.717, 1.165) is 17.0 Å². The number of rotatable bonds is 19. The van der Waals surface area contributed by atoms with E-state index in [2.05, 4.69) is 26.4 Å². The fourth-order valence-electron chi connectivity index (χ4n) is 5.08. The van der Waals surface area contributed by atoms with Crippen LogP contribution in [0.1, 0.15) is 70.8 Å². The normalized spacial score (nSPS) is 14.5. The lowest BCUT2D eigenvalue weighted by molar-refractivity contribution is -0.132. The Morgan fingerprint density at radius 3 is 2.19 bits per heavy atom. The molecule has 5 atom stereocenters. The Kier molecular flexibility index (Phi) is 16.8. The number of aliphatic hydroxyl groups is 1. The molecule has 0 aliphatic carbocycles. The Labute approximate surface area is 283 Å². The minimum Gasteiger partial charge on any atom is -0.426 e. The summed E-state index contributed by atoms with van der Waals surface area (Å²) in [6.07, 6.45) is 0.977. The molecule has 0 aliphatic rings. The van der Waals surface area contributed by atoms with Crippen molar-refractivity contribution in [3.05, 3.63) is 53.3 Å². The van der Waals surface area contributed by atoms with E-state index in [1.165, 1.54) is 11.8 Å². The number of thioether (sulfide) groups is 1. The molecule has 1 aromatic carbocycles. The zero-order chi connectivity index (χ0) is 35.1. The van der Waals surface area contributed by atoms with Crippen LogP contribution in [0.15, 0.2) is 36.4 Å². The molecular formula is C34H54N6O6S. The SMILES string of the molecule is CSCC[C@H](NC(=O)OCn1nc(C)cc1C)C(=O)N[C@@H](CC(C)C)[C@@H](O)C[C@@H](C)C(=O)N[C@H](C(=O)NCc1ccccc1)C(C)C. The highest BCUT2D eigenvalue weighted by molar-refractivity contribution is 7.98. The minimum absolute atomic E-state index is 0.0630. The van der Waals surface area contributed by atoms with Gasteiger partial charge in [-0.3, -0.25) is 14.4 Å². The highest BCUT2D eigenvalue weighted by Gasteiger charge is 2.31. The number of ether oxygens (including phenoxy) is 1. The molecule has 2 aromatic rings. The second-order valence-corrected chi connectivity index (χ2v) is 13.8. The van der Waals surface area contributed by atoms with E-state index in [4.69, 9.17) is 4.74 Å². The maximum absolute atomic E-state index is 13.4. The van der Waals surface area contributed by atoms with Crippen molar-refractivity contribution in [2.24, 2.45) is 17.8 Å². The third-order valence-corrected chi connectivity index (χ3v) is 8.40. The van der Waals surface area contributed by atoms with Gasteiger partial charge in [0.2, 0.25) is 17.7 Å². The van der Waals surface area contributed by atoms with E-state index in [-0.39, 0.29) is 36.8 Å². The summed E-state index contributed by atoms with van der Waals surface area (Å²) in [6.45, 7) is 13.3. The standard InChI is InChI=1S/C34H54N6O6S/c1-21(2)16-28(36-32(43)27(14-15-47-8)37-34(45)46-20-40-25(7)18-24(6)39-40)29(41)17-23(5)31(42)38-30(22(3)4)33(44)35-19-26-12-10-9-11-13-26/h9-13,18,21-23,27-30,41H,14-17,19-20H2,1-8H3,(H,35,44)(H,36,43)(H,37,45)(H,38,42)/t23-,27+,28+,29+,30+/m1/s1. The van der Waals surface area contributed by atoms with Crippen LogP contribution in [0.2, 0.25) is 0 Å². The van der Waals surface area contributed by atoms with Crippen LogP contribution >= 0.6 is 11.8 Å². The number of benzene rings is 1. The summed E-state index contributed by atoms with van der Waals surface area (Å²) in [7, 11) is 0. The van der Waals surface area contributed by atoms with E-state index in [1.54, 1.807) is 11.6 Å². The summed E-state index contributed by atoms with van der Waals surface area (Å²) < 4.78 is 6.88. The molecular weight excluding hydrogens is 620 g/mol. The number of carbonyl (C=O) groups is 4. The van der Waals surface area contributed by atoms with Crippen molar-refractivity contribution in [2.75, 3.05) is 12.0 Å². The van der Waals surface area contributed by atoms with Crippen LogP contribution in [-0.2, 0) is 32.4 Å². The van der Waals surface area contributed by atoms with E-state index in [9.17, 15) is 24.3 Å². The number of nitrogens with zero attached hydrogens (tertiary/aromatic N) is 2. The van der Waals surface area contributed by atoms with Crippen molar-refractivity contribution in [1.29, 1.82) is 0 Å². The van der Waals surface area contributed by atoms with Gasteiger partial charge in [0.1, 0.15) is 12.1 Å². The van der Waals surface area contributed by atoms with E-state index >= 15 is 0 Å². The average Bonchev–Trinajstić information content (AvgIpc) is 3.35. The summed E-state index contributed by atoms with van der Waals surface area (Å²) in [5, 5.41) is 26.9. The summed E-state index contributed by atoms with van der Waals surface area (Å²) >= 11 is 1.54. The van der Waals surface area contributed by atoms with Crippen LogP contribution in [0.25, 0.3) is 0 Å². The van der Waals surface area contributed by atoms with Gasteiger partial charge in [0, 0.05) is 18.2 Å². The first-order valence-corrected chi connectivity index (χ1v) is 17.6. The Balaban J connectivity index is 2.02. The van der Waals surface area contributed by atoms with Crippen LogP contribution in [-0.4, -0.2) is 74.9 Å². The van der Waals surface area contributed by atoms with Crippen molar-refractivity contribution in [1.82, 2.24) is 31.0 Å². The zero-order valence-corrected chi connectivity index (χ0v) is 29.9. The summed E-state index contributed by atoms with van der Waals surface area (Å²) in [6, 6.07) is 9.08. The number of nitrogens with one attached hydrogen (secondary N) is 4. The monoisotopic (exact) mass is 674 g/mol. The summed E-state index contributed by atoms with van der Waals surface area (Å²) in [5.41, 5.74) is 2.59. The molecule has 2 rings (SSSR count). The number of aliphatic hydroxyl groups excluding tert-OH is 1. The third-order valence-electron chi connectivity index (χ3n) is 7.76. The maximum Gasteiger partial charge on any atom is 0.409 e. The molecule has 47 heavy (non-hydrogen) atoms. The van der Waals surface area contributed by atoms with Gasteiger partial charge in [-0.05, 0) is 68.6 Å². The molecule has 13 heteroatoms. The van der Waals surface area contributed by atoms with Gasteiger partial charge in [0.25, 0.3) is 0 Å². The topological polar surface area (TPSA) is 164 Å². The molecule has 0 fully saturated rings. The van der Waals surface area contributed by atoms with Gasteiger partial charge in [0.15, 0.2) is 6.73 Å². The molecule has 12 nitrogen and oxygen atoms in total. The molecule has 1 heterocycles. The molecule has 1 aromatic heterocycles. The lowest BCUT2D eigenvalue weighted by Crippen LogP contribution is -2.54. The van der Waals surface area contributed by atoms with Crippen molar-refractivity contribution in [3.63, 3.8) is 0 Å². The summed E-state index contributed by atoms with van der Waals surface area (Å²) in [5.74, 6) is -1.16. The van der Waals surface area contributed by atoms with Gasteiger partial charge in [-0.15, -0.1) is 0 Å². The first-order valence-electron chi connectivity index (χ1n) is 16.2. The number of hydrogen-bond acceptors (Lipinski definition) is 8. The number of hydrogen-bond donors (Lipinski definition) is 5. The zero-order valence-electron chi connectivity index (χ0n) is 29.0. The molecule has 5 N–H and O–H groups in total. The van der Waals surface area contributed by atoms with Crippen molar-refractivity contribution in [3.8, 4) is 0 Å². The molecule has 0 spiro atoms. The van der Waals surface area contributed by atoms with Gasteiger partial charge in [0.05, 0.1) is 17.8 Å². The third kappa shape index (κ3) is 14.0. The lowest BCUT2D eigenvalue weighted by Gasteiger charge is -2.30. The number of amides is 4. The van der Waals surface area contributed by atoms with Gasteiger partial charge in [-0.1, -0.05) is 65.0 Å². The lowest BCUT2D eigenvalue weighted by atomic mass is 9.91. The van der Waals surface area contributed by atoms with E-state index in [1.807, 2.05) is 84.2 Å². The minimum atomic E-state index is -1.05. The largest absolute Gasteiger partial charge is 0.426 e. The van der Waals surface area contributed by atoms with Crippen LogP contribution in [0.3, 0.4) is 0 Å². The fourth-order valence-corrected chi connectivity index (χ4v) is 5.55. The van der Waals surface area contributed by atoms with Gasteiger partial charge >= 0.3 is 6.09 Å². The highest BCUT2D eigenvalue weighted by Crippen LogP contribution is 2.17. The van der Waals surface area contributed by atoms with Crippen LogP contribution in [0, 0.1) is 31.6 Å². The van der Waals surface area contributed by atoms with Gasteiger partial charge in [-0.25, -0.2) is 9.48 Å². The van der Waals surface area contributed by atoms with Crippen LogP contribution < -0.4 is 21.3 Å².